The molecule has 4 heteroatoms. The first-order valence-electron chi connectivity index (χ1n) is 9.56. The van der Waals surface area contributed by atoms with Crippen LogP contribution >= 0.6 is 0 Å². The van der Waals surface area contributed by atoms with Crippen LogP contribution in [0.5, 0.6) is 11.5 Å². The Morgan fingerprint density at radius 3 is 2.39 bits per heavy atom. The molecular weight excluding hydrogens is 348 g/mol. The van der Waals surface area contributed by atoms with Gasteiger partial charge in [-0.3, -0.25) is 0 Å². The van der Waals surface area contributed by atoms with Crippen molar-refractivity contribution in [2.75, 3.05) is 7.11 Å². The fourth-order valence-electron chi connectivity index (χ4n) is 4.06. The summed E-state index contributed by atoms with van der Waals surface area (Å²) < 4.78 is 11.7. The summed E-state index contributed by atoms with van der Waals surface area (Å²) in [5.74, 6) is 1.80. The van der Waals surface area contributed by atoms with E-state index in [-0.39, 0.29) is 12.3 Å². The highest BCUT2D eigenvalue weighted by atomic mass is 16.5. The molecule has 2 atom stereocenters. The number of hydrogen-bond donors (Lipinski definition) is 0. The molecule has 2 heterocycles. The van der Waals surface area contributed by atoms with Crippen LogP contribution in [-0.4, -0.2) is 17.8 Å². The minimum atomic E-state index is -0.225. The first kappa shape index (κ1) is 16.9. The van der Waals surface area contributed by atoms with Crippen molar-refractivity contribution in [3.8, 4) is 11.5 Å². The Bertz CT molecular complexity index is 1040. The monoisotopic (exact) mass is 370 g/mol. The van der Waals surface area contributed by atoms with E-state index in [1.807, 2.05) is 18.2 Å². The molecule has 28 heavy (non-hydrogen) atoms. The van der Waals surface area contributed by atoms with Crippen LogP contribution in [0.1, 0.15) is 40.9 Å². The Hall–Kier alpha value is -3.27. The van der Waals surface area contributed by atoms with Gasteiger partial charge in [-0.15, -0.1) is 0 Å². The second-order valence-electron chi connectivity index (χ2n) is 7.24. The van der Waals surface area contributed by atoms with Crippen LogP contribution in [0.25, 0.3) is 0 Å². The third kappa shape index (κ3) is 2.73. The van der Waals surface area contributed by atoms with Crippen LogP contribution < -0.4 is 9.47 Å². The van der Waals surface area contributed by atoms with Crippen LogP contribution in [-0.2, 0) is 0 Å². The molecule has 2 aliphatic rings. The summed E-state index contributed by atoms with van der Waals surface area (Å²) in [6, 6.07) is 25.0. The van der Waals surface area contributed by atoms with Gasteiger partial charge < -0.3 is 9.47 Å². The summed E-state index contributed by atoms with van der Waals surface area (Å²) in [6.45, 7) is 2.12. The maximum atomic E-state index is 6.43. The molecule has 5 rings (SSSR count). The maximum absolute atomic E-state index is 6.43. The van der Waals surface area contributed by atoms with E-state index >= 15 is 0 Å². The zero-order valence-corrected chi connectivity index (χ0v) is 16.0. The summed E-state index contributed by atoms with van der Waals surface area (Å²) in [7, 11) is 1.68. The molecule has 0 saturated carbocycles. The van der Waals surface area contributed by atoms with Crippen LogP contribution in [0.3, 0.4) is 0 Å². The largest absolute Gasteiger partial charge is 0.497 e. The van der Waals surface area contributed by atoms with Crippen molar-refractivity contribution in [2.24, 2.45) is 5.10 Å². The van der Waals surface area contributed by atoms with Crippen molar-refractivity contribution >= 4 is 5.71 Å². The van der Waals surface area contributed by atoms with E-state index in [0.29, 0.717) is 0 Å². The normalized spacial score (nSPS) is 20.1. The number of nitrogens with zero attached hydrogens (tertiary/aromatic N) is 2. The first-order chi connectivity index (χ1) is 13.7. The smallest absolute Gasteiger partial charge is 0.214 e. The van der Waals surface area contributed by atoms with E-state index in [0.717, 1.165) is 34.8 Å². The van der Waals surface area contributed by atoms with Gasteiger partial charge in [0.1, 0.15) is 11.5 Å². The van der Waals surface area contributed by atoms with E-state index in [1.165, 1.54) is 11.1 Å². The van der Waals surface area contributed by atoms with Crippen molar-refractivity contribution in [3.05, 3.63) is 95.1 Å². The molecule has 4 nitrogen and oxygen atoms in total. The minimum absolute atomic E-state index is 0.173. The first-order valence-corrected chi connectivity index (χ1v) is 9.56. The van der Waals surface area contributed by atoms with Gasteiger partial charge in [0, 0.05) is 17.5 Å². The summed E-state index contributed by atoms with van der Waals surface area (Å²) in [5.41, 5.74) is 5.75. The molecule has 0 radical (unpaired) electrons. The zero-order chi connectivity index (χ0) is 19.1. The molecule has 3 aromatic carbocycles. The van der Waals surface area contributed by atoms with Gasteiger partial charge in [-0.1, -0.05) is 42.5 Å². The van der Waals surface area contributed by atoms with Gasteiger partial charge in [-0.25, -0.2) is 5.01 Å². The maximum Gasteiger partial charge on any atom is 0.214 e. The number of fused-ring (bicyclic) bond motifs is 3. The fourth-order valence-corrected chi connectivity index (χ4v) is 4.06. The Kier molecular flexibility index (Phi) is 4.05. The number of hydrogen-bond acceptors (Lipinski definition) is 4. The number of aryl methyl sites for hydroxylation is 1. The van der Waals surface area contributed by atoms with E-state index in [1.54, 1.807) is 7.11 Å². The van der Waals surface area contributed by atoms with Crippen molar-refractivity contribution in [1.82, 2.24) is 5.01 Å². The lowest BCUT2D eigenvalue weighted by Gasteiger charge is -2.38. The number of hydrazone groups is 1. The number of ether oxygens (including phenoxy) is 2. The highest BCUT2D eigenvalue weighted by molar-refractivity contribution is 6.02. The molecule has 0 saturated heterocycles. The molecule has 2 unspecified atom stereocenters. The highest BCUT2D eigenvalue weighted by Crippen LogP contribution is 2.47. The lowest BCUT2D eigenvalue weighted by molar-refractivity contribution is -0.0194. The van der Waals surface area contributed by atoms with Gasteiger partial charge in [0.15, 0.2) is 0 Å². The molecule has 0 aliphatic carbocycles. The molecule has 2 aliphatic heterocycles. The van der Waals surface area contributed by atoms with E-state index in [9.17, 15) is 0 Å². The Balaban J connectivity index is 1.58. The molecular formula is C24H22N2O2. The van der Waals surface area contributed by atoms with Crippen molar-refractivity contribution < 1.29 is 9.47 Å². The van der Waals surface area contributed by atoms with Crippen LogP contribution in [0.2, 0.25) is 0 Å². The average molecular weight is 370 g/mol. The minimum Gasteiger partial charge on any atom is -0.497 e. The van der Waals surface area contributed by atoms with Crippen LogP contribution in [0.15, 0.2) is 77.9 Å². The predicted octanol–water partition coefficient (Wildman–Crippen LogP) is 5.25. The molecule has 0 amide bonds. The van der Waals surface area contributed by atoms with E-state index < -0.39 is 0 Å². The molecule has 3 aromatic rings. The standard InChI is InChI=1S/C24H22N2O2/c1-16-7-3-4-8-19(16)24-26-22(20-9-5-6-10-23(20)28-24)15-21(25-26)17-11-13-18(27-2)14-12-17/h3-14,22,24H,15H2,1-2H3. The fraction of sp³-hybridized carbons (Fsp3) is 0.208. The summed E-state index contributed by atoms with van der Waals surface area (Å²) in [4.78, 5) is 0. The number of benzene rings is 3. The van der Waals surface area contributed by atoms with Crippen LogP contribution in [0.4, 0.5) is 0 Å². The summed E-state index contributed by atoms with van der Waals surface area (Å²) in [6.07, 6.45) is 0.631. The molecule has 0 bridgehead atoms. The van der Waals surface area contributed by atoms with Gasteiger partial charge in [0.05, 0.1) is 18.9 Å². The highest BCUT2D eigenvalue weighted by Gasteiger charge is 2.41. The zero-order valence-electron chi connectivity index (χ0n) is 16.0. The Labute approximate surface area is 165 Å². The third-order valence-corrected chi connectivity index (χ3v) is 5.58. The van der Waals surface area contributed by atoms with E-state index in [2.05, 4.69) is 66.5 Å². The Morgan fingerprint density at radius 2 is 1.64 bits per heavy atom. The molecule has 0 spiro atoms. The second kappa shape index (κ2) is 6.71. The van der Waals surface area contributed by atoms with Gasteiger partial charge in [0.2, 0.25) is 6.23 Å². The summed E-state index contributed by atoms with van der Waals surface area (Å²) in [5, 5.41) is 7.15. The number of para-hydroxylation sites is 1. The SMILES string of the molecule is COc1ccc(C2=NN3C(C2)c2ccccc2OC3c2ccccc2C)cc1. The molecule has 0 aromatic heterocycles. The topological polar surface area (TPSA) is 34.1 Å². The van der Waals surface area contributed by atoms with Crippen molar-refractivity contribution in [1.29, 1.82) is 0 Å². The van der Waals surface area contributed by atoms with Crippen molar-refractivity contribution in [2.45, 2.75) is 25.6 Å². The van der Waals surface area contributed by atoms with Crippen LogP contribution in [0, 0.1) is 6.92 Å². The van der Waals surface area contributed by atoms with Gasteiger partial charge in [0.25, 0.3) is 0 Å². The number of methoxy groups -OCH3 is 1. The second-order valence-corrected chi connectivity index (χ2v) is 7.24. The lowest BCUT2D eigenvalue weighted by atomic mass is 9.95. The predicted molar refractivity (Wildman–Crippen MR) is 110 cm³/mol. The third-order valence-electron chi connectivity index (χ3n) is 5.58. The molecule has 0 fully saturated rings. The molecule has 0 N–H and O–H groups in total. The molecule has 140 valence electrons. The van der Waals surface area contributed by atoms with Gasteiger partial charge >= 0.3 is 0 Å². The number of rotatable bonds is 3. The Morgan fingerprint density at radius 1 is 0.929 bits per heavy atom. The van der Waals surface area contributed by atoms with Gasteiger partial charge in [-0.05, 0) is 48.4 Å². The van der Waals surface area contributed by atoms with Crippen molar-refractivity contribution in [3.63, 3.8) is 0 Å². The van der Waals surface area contributed by atoms with E-state index in [4.69, 9.17) is 14.6 Å². The average Bonchev–Trinajstić information content (AvgIpc) is 3.19. The summed E-state index contributed by atoms with van der Waals surface area (Å²) >= 11 is 0. The lowest BCUT2D eigenvalue weighted by Crippen LogP contribution is -2.34. The van der Waals surface area contributed by atoms with Gasteiger partial charge in [-0.2, -0.15) is 5.10 Å². The quantitative estimate of drug-likeness (QED) is 0.632.